The van der Waals surface area contributed by atoms with Crippen LogP contribution in [0.2, 0.25) is 0 Å². The number of nitrogens with zero attached hydrogens (tertiary/aromatic N) is 2. The molecule has 3 rings (SSSR count). The molecule has 2 heterocycles. The molecule has 2 aliphatic heterocycles. The molecule has 1 atom stereocenters. The Balaban J connectivity index is 1.59. The number of nitrogens with one attached hydrogen (secondary N) is 1. The number of morpholine rings is 1. The first-order chi connectivity index (χ1) is 12.6. The van der Waals surface area contributed by atoms with E-state index in [-0.39, 0.29) is 17.4 Å². The fraction of sp³-hybridized carbons (Fsp3) is 0.667. The van der Waals surface area contributed by atoms with Crippen LogP contribution in [-0.4, -0.2) is 74.2 Å². The van der Waals surface area contributed by atoms with Crippen molar-refractivity contribution in [2.24, 2.45) is 5.92 Å². The zero-order valence-corrected chi connectivity index (χ0v) is 16.2. The number of hydrogen-bond acceptors (Lipinski definition) is 4. The van der Waals surface area contributed by atoms with E-state index in [1.54, 1.807) is 0 Å². The van der Waals surface area contributed by atoms with Gasteiger partial charge in [-0.2, -0.15) is 0 Å². The van der Waals surface area contributed by atoms with Gasteiger partial charge in [0.1, 0.15) is 0 Å². The number of likely N-dealkylation sites (tertiary alicyclic amines) is 1. The molecule has 0 saturated carbocycles. The Bertz CT molecular complexity index is 564. The lowest BCUT2D eigenvalue weighted by atomic mass is 9.85. The summed E-state index contributed by atoms with van der Waals surface area (Å²) in [6.07, 6.45) is 3.01. The molecule has 0 aliphatic carbocycles. The number of piperidine rings is 1. The van der Waals surface area contributed by atoms with Crippen molar-refractivity contribution in [3.05, 3.63) is 35.9 Å². The fourth-order valence-electron chi connectivity index (χ4n) is 4.16. The third-order valence-electron chi connectivity index (χ3n) is 6.02. The van der Waals surface area contributed by atoms with Crippen LogP contribution in [0.1, 0.15) is 25.3 Å². The Labute approximate surface area is 157 Å². The third-order valence-corrected chi connectivity index (χ3v) is 6.02. The van der Waals surface area contributed by atoms with Gasteiger partial charge in [0.15, 0.2) is 0 Å². The molecule has 2 fully saturated rings. The average Bonchev–Trinajstić information content (AvgIpc) is 2.69. The van der Waals surface area contributed by atoms with Crippen molar-refractivity contribution in [1.82, 2.24) is 15.1 Å². The Morgan fingerprint density at radius 3 is 2.46 bits per heavy atom. The molecule has 1 aromatic rings. The van der Waals surface area contributed by atoms with Crippen LogP contribution in [0.4, 0.5) is 0 Å². The molecule has 26 heavy (non-hydrogen) atoms. The highest BCUT2D eigenvalue weighted by molar-refractivity contribution is 5.78. The quantitative estimate of drug-likeness (QED) is 0.841. The van der Waals surface area contributed by atoms with Gasteiger partial charge >= 0.3 is 0 Å². The molecule has 0 aromatic heterocycles. The molecule has 1 N–H and O–H groups in total. The predicted octanol–water partition coefficient (Wildman–Crippen LogP) is 1.78. The average molecular weight is 360 g/mol. The third kappa shape index (κ3) is 4.84. The van der Waals surface area contributed by atoms with Crippen molar-refractivity contribution in [2.75, 3.05) is 53.0 Å². The summed E-state index contributed by atoms with van der Waals surface area (Å²) < 4.78 is 5.55. The van der Waals surface area contributed by atoms with E-state index in [1.807, 2.05) is 25.1 Å². The van der Waals surface area contributed by atoms with E-state index in [0.717, 1.165) is 65.2 Å². The fourth-order valence-corrected chi connectivity index (χ4v) is 4.16. The van der Waals surface area contributed by atoms with Gasteiger partial charge in [-0.25, -0.2) is 0 Å². The van der Waals surface area contributed by atoms with Crippen LogP contribution in [-0.2, 0) is 16.0 Å². The zero-order valence-electron chi connectivity index (χ0n) is 16.2. The van der Waals surface area contributed by atoms with Gasteiger partial charge in [-0.3, -0.25) is 9.69 Å². The monoisotopic (exact) mass is 359 g/mol. The van der Waals surface area contributed by atoms with Gasteiger partial charge in [0, 0.05) is 31.1 Å². The highest BCUT2D eigenvalue weighted by Crippen LogP contribution is 2.29. The summed E-state index contributed by atoms with van der Waals surface area (Å²) in [4.78, 5) is 17.7. The lowest BCUT2D eigenvalue weighted by Crippen LogP contribution is -2.62. The summed E-state index contributed by atoms with van der Waals surface area (Å²) in [6, 6.07) is 10.3. The van der Waals surface area contributed by atoms with Crippen molar-refractivity contribution >= 4 is 5.91 Å². The lowest BCUT2D eigenvalue weighted by Gasteiger charge is -2.49. The molecular formula is C21H33N3O2. The van der Waals surface area contributed by atoms with Gasteiger partial charge in [-0.05, 0) is 45.0 Å². The molecule has 144 valence electrons. The molecule has 0 spiro atoms. The van der Waals surface area contributed by atoms with E-state index in [2.05, 4.69) is 34.3 Å². The van der Waals surface area contributed by atoms with E-state index in [0.29, 0.717) is 0 Å². The van der Waals surface area contributed by atoms with E-state index in [9.17, 15) is 4.79 Å². The van der Waals surface area contributed by atoms with Crippen LogP contribution >= 0.6 is 0 Å². The molecular weight excluding hydrogens is 326 g/mol. The predicted molar refractivity (Wildman–Crippen MR) is 104 cm³/mol. The second-order valence-electron chi connectivity index (χ2n) is 7.94. The summed E-state index contributed by atoms with van der Waals surface area (Å²) >= 11 is 0. The highest BCUT2D eigenvalue weighted by Gasteiger charge is 2.40. The van der Waals surface area contributed by atoms with Crippen LogP contribution < -0.4 is 5.32 Å². The maximum absolute atomic E-state index is 12.7. The van der Waals surface area contributed by atoms with Gasteiger partial charge in [0.25, 0.3) is 0 Å². The molecule has 2 aliphatic rings. The number of carbonyl (C=O) groups is 1. The standard InChI is InChI=1S/C21H33N3O2/c1-18(16-19-6-4-3-5-7-19)20(25)22-17-21(8-10-23(2)11-9-21)24-12-14-26-15-13-24/h3-7,18H,8-17H2,1-2H3,(H,22,25). The topological polar surface area (TPSA) is 44.8 Å². The minimum atomic E-state index is -0.00889. The van der Waals surface area contributed by atoms with Gasteiger partial charge < -0.3 is 15.0 Å². The lowest BCUT2D eigenvalue weighted by molar-refractivity contribution is -0.125. The Morgan fingerprint density at radius 1 is 1.15 bits per heavy atom. The van der Waals surface area contributed by atoms with Crippen molar-refractivity contribution < 1.29 is 9.53 Å². The first-order valence-electron chi connectivity index (χ1n) is 9.92. The normalized spacial score (nSPS) is 22.7. The Kier molecular flexibility index (Phi) is 6.68. The van der Waals surface area contributed by atoms with Crippen LogP contribution in [0.3, 0.4) is 0 Å². The number of benzene rings is 1. The molecule has 5 heteroatoms. The zero-order chi connectivity index (χ0) is 18.4. The number of amides is 1. The molecule has 1 unspecified atom stereocenters. The summed E-state index contributed by atoms with van der Waals surface area (Å²) in [5.74, 6) is 0.158. The van der Waals surface area contributed by atoms with E-state index < -0.39 is 0 Å². The van der Waals surface area contributed by atoms with Gasteiger partial charge in [0.05, 0.1) is 13.2 Å². The van der Waals surface area contributed by atoms with Gasteiger partial charge in [-0.1, -0.05) is 37.3 Å². The minimum absolute atomic E-state index is 0.00889. The minimum Gasteiger partial charge on any atom is -0.379 e. The molecule has 1 aromatic carbocycles. The summed E-state index contributed by atoms with van der Waals surface area (Å²) in [5.41, 5.74) is 1.30. The summed E-state index contributed by atoms with van der Waals surface area (Å²) in [6.45, 7) is 8.50. The summed E-state index contributed by atoms with van der Waals surface area (Å²) in [7, 11) is 2.18. The number of ether oxygens (including phenoxy) is 1. The van der Waals surface area contributed by atoms with Crippen molar-refractivity contribution in [3.8, 4) is 0 Å². The van der Waals surface area contributed by atoms with E-state index in [1.165, 1.54) is 5.56 Å². The number of carbonyl (C=O) groups excluding carboxylic acids is 1. The second kappa shape index (κ2) is 8.98. The first-order valence-corrected chi connectivity index (χ1v) is 9.92. The van der Waals surface area contributed by atoms with Gasteiger partial charge in [0.2, 0.25) is 5.91 Å². The maximum Gasteiger partial charge on any atom is 0.223 e. The number of rotatable bonds is 6. The molecule has 2 saturated heterocycles. The largest absolute Gasteiger partial charge is 0.379 e. The van der Waals surface area contributed by atoms with E-state index in [4.69, 9.17) is 4.74 Å². The Hall–Kier alpha value is -1.43. The van der Waals surface area contributed by atoms with Crippen molar-refractivity contribution in [1.29, 1.82) is 0 Å². The second-order valence-corrected chi connectivity index (χ2v) is 7.94. The Morgan fingerprint density at radius 2 is 1.81 bits per heavy atom. The summed E-state index contributed by atoms with van der Waals surface area (Å²) in [5, 5.41) is 3.29. The number of hydrogen-bond donors (Lipinski definition) is 1. The van der Waals surface area contributed by atoms with Crippen LogP contribution in [0.25, 0.3) is 0 Å². The van der Waals surface area contributed by atoms with E-state index >= 15 is 0 Å². The maximum atomic E-state index is 12.7. The van der Waals surface area contributed by atoms with Crippen molar-refractivity contribution in [3.63, 3.8) is 0 Å². The van der Waals surface area contributed by atoms with Crippen LogP contribution in [0, 0.1) is 5.92 Å². The smallest absolute Gasteiger partial charge is 0.223 e. The first kappa shape index (κ1) is 19.3. The molecule has 1 amide bonds. The molecule has 5 nitrogen and oxygen atoms in total. The molecule has 0 radical (unpaired) electrons. The van der Waals surface area contributed by atoms with Crippen LogP contribution in [0.15, 0.2) is 30.3 Å². The van der Waals surface area contributed by atoms with Crippen molar-refractivity contribution in [2.45, 2.75) is 31.7 Å². The SMILES string of the molecule is CC(Cc1ccccc1)C(=O)NCC1(N2CCOCC2)CCN(C)CC1. The van der Waals surface area contributed by atoms with Gasteiger partial charge in [-0.15, -0.1) is 0 Å². The highest BCUT2D eigenvalue weighted by atomic mass is 16.5. The van der Waals surface area contributed by atoms with Crippen LogP contribution in [0.5, 0.6) is 0 Å². The molecule has 0 bridgehead atoms.